The van der Waals surface area contributed by atoms with Crippen molar-refractivity contribution in [3.63, 3.8) is 0 Å². The first-order valence-corrected chi connectivity index (χ1v) is 9.78. The molecule has 2 aromatic rings. The van der Waals surface area contributed by atoms with E-state index in [1.807, 2.05) is 18.2 Å². The van der Waals surface area contributed by atoms with Crippen LogP contribution < -0.4 is 5.73 Å². The van der Waals surface area contributed by atoms with Crippen molar-refractivity contribution in [3.05, 3.63) is 47.5 Å². The number of rotatable bonds is 10. The third-order valence-corrected chi connectivity index (χ3v) is 5.04. The smallest absolute Gasteiger partial charge is 0.316 e. The lowest BCUT2D eigenvalue weighted by Crippen LogP contribution is -2.28. The summed E-state index contributed by atoms with van der Waals surface area (Å²) < 4.78 is 39.1. The topological polar surface area (TPSA) is 26.0 Å². The van der Waals surface area contributed by atoms with Crippen LogP contribution in [0.2, 0.25) is 0 Å². The molecule has 0 bridgehead atoms. The van der Waals surface area contributed by atoms with Gasteiger partial charge in [-0.2, -0.15) is 13.2 Å². The number of hydrogen-bond donors (Lipinski definition) is 1. The summed E-state index contributed by atoms with van der Waals surface area (Å²) in [7, 11) is 0. The zero-order chi connectivity index (χ0) is 19.0. The lowest BCUT2D eigenvalue weighted by atomic mass is 9.93. The molecule has 0 saturated carbocycles. The monoisotopic (exact) mass is 365 g/mol. The summed E-state index contributed by atoms with van der Waals surface area (Å²) in [4.78, 5) is 0. The fraction of sp³-hybridized carbons (Fsp3) is 0.545. The highest BCUT2D eigenvalue weighted by Crippen LogP contribution is 2.35. The van der Waals surface area contributed by atoms with Crippen LogP contribution in [0.3, 0.4) is 0 Å². The summed E-state index contributed by atoms with van der Waals surface area (Å²) in [5.74, 6) is 0. The summed E-state index contributed by atoms with van der Waals surface area (Å²) in [6, 6.07) is 8.74. The number of fused-ring (bicyclic) bond motifs is 1. The van der Waals surface area contributed by atoms with Crippen LogP contribution in [-0.4, -0.2) is 6.18 Å². The van der Waals surface area contributed by atoms with Crippen LogP contribution in [-0.2, 0) is 6.42 Å². The number of nitrogens with two attached hydrogens (primary N) is 1. The van der Waals surface area contributed by atoms with Gasteiger partial charge in [0.25, 0.3) is 0 Å². The van der Waals surface area contributed by atoms with E-state index < -0.39 is 12.2 Å². The Hall–Kier alpha value is -1.55. The molecule has 0 amide bonds. The van der Waals surface area contributed by atoms with Gasteiger partial charge in [-0.15, -0.1) is 0 Å². The molecular formula is C22H30F3N. The van der Waals surface area contributed by atoms with Crippen molar-refractivity contribution in [1.82, 2.24) is 0 Å². The van der Waals surface area contributed by atoms with Crippen molar-refractivity contribution in [3.8, 4) is 0 Å². The maximum absolute atomic E-state index is 13.0. The summed E-state index contributed by atoms with van der Waals surface area (Å²) >= 11 is 0. The third-order valence-electron chi connectivity index (χ3n) is 5.04. The molecule has 0 heterocycles. The molecule has 4 heteroatoms. The van der Waals surface area contributed by atoms with E-state index in [9.17, 15) is 13.2 Å². The van der Waals surface area contributed by atoms with Gasteiger partial charge in [-0.3, -0.25) is 0 Å². The fourth-order valence-electron chi connectivity index (χ4n) is 3.50. The highest BCUT2D eigenvalue weighted by atomic mass is 19.4. The maximum Gasteiger partial charge on any atom is 0.407 e. The molecule has 0 aliphatic carbocycles. The molecule has 2 aromatic carbocycles. The van der Waals surface area contributed by atoms with Crippen LogP contribution in [0.1, 0.15) is 75.5 Å². The fourth-order valence-corrected chi connectivity index (χ4v) is 3.50. The van der Waals surface area contributed by atoms with E-state index in [0.29, 0.717) is 5.39 Å². The van der Waals surface area contributed by atoms with E-state index in [1.54, 1.807) is 18.2 Å². The lowest BCUT2D eigenvalue weighted by molar-refractivity contribution is -0.148. The SMILES string of the molecule is CCCCCCCCCCc1ccc([C@H](N)C(F)(F)F)c2ccccc12. The number of unbranched alkanes of at least 4 members (excludes halogenated alkanes) is 7. The number of aryl methyl sites for hydroxylation is 1. The van der Waals surface area contributed by atoms with Gasteiger partial charge in [-0.05, 0) is 34.7 Å². The third kappa shape index (κ3) is 5.73. The first-order chi connectivity index (χ1) is 12.4. The van der Waals surface area contributed by atoms with Gasteiger partial charge >= 0.3 is 6.18 Å². The van der Waals surface area contributed by atoms with Crippen molar-refractivity contribution in [1.29, 1.82) is 0 Å². The highest BCUT2D eigenvalue weighted by Gasteiger charge is 2.38. The summed E-state index contributed by atoms with van der Waals surface area (Å²) in [6.07, 6.45) is 6.44. The molecule has 0 unspecified atom stereocenters. The Kier molecular flexibility index (Phi) is 7.95. The molecule has 1 atom stereocenters. The second-order valence-electron chi connectivity index (χ2n) is 7.10. The van der Waals surface area contributed by atoms with Gasteiger partial charge in [0.1, 0.15) is 6.04 Å². The quantitative estimate of drug-likeness (QED) is 0.447. The van der Waals surface area contributed by atoms with E-state index in [0.717, 1.165) is 23.8 Å². The zero-order valence-electron chi connectivity index (χ0n) is 15.6. The molecule has 26 heavy (non-hydrogen) atoms. The van der Waals surface area contributed by atoms with E-state index in [2.05, 4.69) is 6.92 Å². The average molecular weight is 365 g/mol. The zero-order valence-corrected chi connectivity index (χ0v) is 15.6. The molecule has 0 radical (unpaired) electrons. The Bertz CT molecular complexity index is 679. The Labute approximate surface area is 154 Å². The van der Waals surface area contributed by atoms with Crippen molar-refractivity contribution in [2.45, 2.75) is 76.9 Å². The Morgan fingerprint density at radius 2 is 1.38 bits per heavy atom. The van der Waals surface area contributed by atoms with Gasteiger partial charge < -0.3 is 5.73 Å². The van der Waals surface area contributed by atoms with Crippen LogP contribution in [0.15, 0.2) is 36.4 Å². The summed E-state index contributed by atoms with van der Waals surface area (Å²) in [5.41, 5.74) is 6.73. The standard InChI is InChI=1S/C22H30F3N/c1-2-3-4-5-6-7-8-9-12-17-15-16-20(21(26)22(23,24)25)19-14-11-10-13-18(17)19/h10-11,13-16,21H,2-9,12,26H2,1H3/t21-/m0/s1. The minimum atomic E-state index is -4.43. The minimum Gasteiger partial charge on any atom is -0.316 e. The van der Waals surface area contributed by atoms with Gasteiger partial charge in [0.05, 0.1) is 0 Å². The largest absolute Gasteiger partial charge is 0.407 e. The summed E-state index contributed by atoms with van der Waals surface area (Å²) in [5, 5.41) is 1.52. The molecule has 0 aliphatic rings. The molecule has 0 aromatic heterocycles. The molecule has 0 saturated heterocycles. The second kappa shape index (κ2) is 9.96. The lowest BCUT2D eigenvalue weighted by Gasteiger charge is -2.19. The molecule has 0 fully saturated rings. The van der Waals surface area contributed by atoms with Gasteiger partial charge in [-0.25, -0.2) is 0 Å². The van der Waals surface area contributed by atoms with Crippen LogP contribution in [0.5, 0.6) is 0 Å². The Morgan fingerprint density at radius 1 is 0.808 bits per heavy atom. The second-order valence-corrected chi connectivity index (χ2v) is 7.10. The molecule has 144 valence electrons. The Balaban J connectivity index is 1.99. The van der Waals surface area contributed by atoms with Crippen LogP contribution in [0.25, 0.3) is 10.8 Å². The molecule has 2 N–H and O–H groups in total. The predicted octanol–water partition coefficient (Wildman–Crippen LogP) is 7.09. The van der Waals surface area contributed by atoms with Gasteiger partial charge in [0.15, 0.2) is 0 Å². The van der Waals surface area contributed by atoms with Crippen LogP contribution in [0.4, 0.5) is 13.2 Å². The van der Waals surface area contributed by atoms with Crippen molar-refractivity contribution in [2.24, 2.45) is 5.73 Å². The molecule has 2 rings (SSSR count). The van der Waals surface area contributed by atoms with Crippen molar-refractivity contribution in [2.75, 3.05) is 0 Å². The first-order valence-electron chi connectivity index (χ1n) is 9.78. The van der Waals surface area contributed by atoms with Gasteiger partial charge in [0.2, 0.25) is 0 Å². The molecular weight excluding hydrogens is 335 g/mol. The predicted molar refractivity (Wildman–Crippen MR) is 103 cm³/mol. The summed E-state index contributed by atoms with van der Waals surface area (Å²) in [6.45, 7) is 2.22. The van der Waals surface area contributed by atoms with Crippen LogP contribution in [0, 0.1) is 0 Å². The first kappa shape index (κ1) is 20.8. The van der Waals surface area contributed by atoms with Gasteiger partial charge in [0, 0.05) is 0 Å². The van der Waals surface area contributed by atoms with Crippen LogP contribution >= 0.6 is 0 Å². The van der Waals surface area contributed by atoms with Crippen molar-refractivity contribution < 1.29 is 13.2 Å². The van der Waals surface area contributed by atoms with E-state index in [-0.39, 0.29) is 5.56 Å². The van der Waals surface area contributed by atoms with Crippen molar-refractivity contribution >= 4 is 10.8 Å². The van der Waals surface area contributed by atoms with Gasteiger partial charge in [-0.1, -0.05) is 88.3 Å². The molecule has 1 nitrogen and oxygen atoms in total. The highest BCUT2D eigenvalue weighted by molar-refractivity contribution is 5.89. The van der Waals surface area contributed by atoms with E-state index >= 15 is 0 Å². The number of benzene rings is 2. The van der Waals surface area contributed by atoms with E-state index in [1.165, 1.54) is 44.9 Å². The number of hydrogen-bond acceptors (Lipinski definition) is 1. The molecule has 0 spiro atoms. The normalized spacial score (nSPS) is 13.3. The average Bonchev–Trinajstić information content (AvgIpc) is 2.62. The number of alkyl halides is 3. The Morgan fingerprint density at radius 3 is 2.00 bits per heavy atom. The van der Waals surface area contributed by atoms with E-state index in [4.69, 9.17) is 5.73 Å². The molecule has 0 aliphatic heterocycles. The number of halogens is 3. The minimum absolute atomic E-state index is 0.160. The maximum atomic E-state index is 13.0.